The summed E-state index contributed by atoms with van der Waals surface area (Å²) >= 11 is 0. The molecule has 0 aliphatic rings. The second kappa shape index (κ2) is 8.09. The second-order valence-corrected chi connectivity index (χ2v) is 4.09. The predicted octanol–water partition coefficient (Wildman–Crippen LogP) is -1.61. The summed E-state index contributed by atoms with van der Waals surface area (Å²) in [7, 11) is 0. The molecule has 3 N–H and O–H groups in total. The summed E-state index contributed by atoms with van der Waals surface area (Å²) in [5.74, 6) is 0.0569. The molecule has 4 heteroatoms. The summed E-state index contributed by atoms with van der Waals surface area (Å²) in [6, 6.07) is 9.41. The van der Waals surface area contributed by atoms with E-state index in [2.05, 4.69) is 5.73 Å². The van der Waals surface area contributed by atoms with E-state index in [-0.39, 0.29) is 30.3 Å². The Morgan fingerprint density at radius 3 is 2.47 bits per heavy atom. The van der Waals surface area contributed by atoms with Gasteiger partial charge >= 0.3 is 5.97 Å². The van der Waals surface area contributed by atoms with Gasteiger partial charge in [-0.2, -0.15) is 0 Å². The molecule has 0 aliphatic carbocycles. The topological polar surface area (TPSA) is 53.9 Å². The van der Waals surface area contributed by atoms with Crippen LogP contribution in [-0.2, 0) is 16.1 Å². The summed E-state index contributed by atoms with van der Waals surface area (Å²) in [4.78, 5) is 11.6. The molecule has 1 aromatic rings. The minimum absolute atomic E-state index is 0. The first kappa shape index (κ1) is 15.9. The summed E-state index contributed by atoms with van der Waals surface area (Å²) in [6.45, 7) is 4.40. The van der Waals surface area contributed by atoms with Gasteiger partial charge in [-0.25, -0.2) is 4.79 Å². The van der Waals surface area contributed by atoms with Crippen LogP contribution in [0.25, 0.3) is 0 Å². The van der Waals surface area contributed by atoms with Crippen LogP contribution in [0.3, 0.4) is 0 Å². The van der Waals surface area contributed by atoms with Crippen molar-refractivity contribution in [2.24, 2.45) is 5.92 Å². The zero-order valence-corrected chi connectivity index (χ0v) is 11.1. The molecule has 0 saturated carbocycles. The van der Waals surface area contributed by atoms with Crippen LogP contribution in [0.4, 0.5) is 0 Å². The molecule has 1 rings (SSSR count). The van der Waals surface area contributed by atoms with Crippen LogP contribution in [0.2, 0.25) is 0 Å². The largest absolute Gasteiger partial charge is 1.00 e. The van der Waals surface area contributed by atoms with E-state index in [1.807, 2.05) is 44.2 Å². The highest BCUT2D eigenvalue weighted by Gasteiger charge is 2.24. The summed E-state index contributed by atoms with van der Waals surface area (Å²) < 4.78 is 5.21. The zero-order chi connectivity index (χ0) is 12.0. The molecule has 0 fully saturated rings. The van der Waals surface area contributed by atoms with Crippen molar-refractivity contribution >= 4 is 5.97 Å². The normalized spacial score (nSPS) is 13.4. The molecule has 0 aromatic heterocycles. The van der Waals surface area contributed by atoms with Crippen LogP contribution in [0.5, 0.6) is 0 Å². The molecular weight excluding hydrogens is 238 g/mol. The van der Waals surface area contributed by atoms with Gasteiger partial charge < -0.3 is 22.9 Å². The Morgan fingerprint density at radius 2 is 1.94 bits per heavy atom. The molecule has 0 spiro atoms. The standard InChI is InChI=1S/C13H19NO2.ClH/c1-3-10(2)12(14)13(15)16-9-11-7-5-4-6-8-11;/h4-8,10,12H,3,9,14H2,1-2H3;1H/t10-,12-;/m0./s1. The fourth-order valence-corrected chi connectivity index (χ4v) is 1.35. The van der Waals surface area contributed by atoms with Crippen molar-refractivity contribution < 1.29 is 27.7 Å². The summed E-state index contributed by atoms with van der Waals surface area (Å²) in [5, 5.41) is 0. The molecule has 17 heavy (non-hydrogen) atoms. The van der Waals surface area contributed by atoms with Crippen molar-refractivity contribution in [3.8, 4) is 0 Å². The van der Waals surface area contributed by atoms with E-state index in [4.69, 9.17) is 4.74 Å². The Kier molecular flexibility index (Phi) is 7.59. The number of ether oxygens (including phenoxy) is 1. The highest BCUT2D eigenvalue weighted by atomic mass is 35.5. The number of esters is 1. The third-order valence-electron chi connectivity index (χ3n) is 2.86. The van der Waals surface area contributed by atoms with Gasteiger partial charge in [0, 0.05) is 5.92 Å². The number of carbonyl (C=O) groups excluding carboxylic acids is 1. The molecule has 0 bridgehead atoms. The van der Waals surface area contributed by atoms with Gasteiger partial charge in [0.05, 0.1) is 0 Å². The van der Waals surface area contributed by atoms with E-state index < -0.39 is 0 Å². The van der Waals surface area contributed by atoms with Crippen LogP contribution in [0.1, 0.15) is 25.8 Å². The van der Waals surface area contributed by atoms with Gasteiger partial charge in [-0.15, -0.1) is 0 Å². The maximum atomic E-state index is 11.6. The summed E-state index contributed by atoms with van der Waals surface area (Å²) in [5.41, 5.74) is 4.85. The minimum atomic E-state index is -0.270. The molecule has 0 saturated heterocycles. The van der Waals surface area contributed by atoms with Gasteiger partial charge in [0.1, 0.15) is 6.61 Å². The van der Waals surface area contributed by atoms with E-state index in [1.165, 1.54) is 0 Å². The Bertz CT molecular complexity index is 329. The van der Waals surface area contributed by atoms with E-state index in [0.29, 0.717) is 6.61 Å². The number of carbonyl (C=O) groups is 1. The molecule has 0 heterocycles. The van der Waals surface area contributed by atoms with Crippen LogP contribution < -0.4 is 18.1 Å². The Balaban J connectivity index is 0.00000256. The highest BCUT2D eigenvalue weighted by Crippen LogP contribution is 2.07. The molecule has 96 valence electrons. The smallest absolute Gasteiger partial charge is 0.365 e. The van der Waals surface area contributed by atoms with Gasteiger partial charge in [0.25, 0.3) is 0 Å². The first-order chi connectivity index (χ1) is 7.65. The van der Waals surface area contributed by atoms with Gasteiger partial charge in [0.15, 0.2) is 6.04 Å². The molecule has 1 aromatic carbocycles. The maximum absolute atomic E-state index is 11.6. The maximum Gasteiger partial charge on any atom is 0.365 e. The number of rotatable bonds is 5. The van der Waals surface area contributed by atoms with Gasteiger partial charge in [0.2, 0.25) is 0 Å². The number of quaternary nitrogens is 1. The van der Waals surface area contributed by atoms with Gasteiger partial charge in [-0.1, -0.05) is 44.2 Å². The average Bonchev–Trinajstić information content (AvgIpc) is 2.35. The van der Waals surface area contributed by atoms with Crippen LogP contribution in [0, 0.1) is 5.92 Å². The Labute approximate surface area is 109 Å². The van der Waals surface area contributed by atoms with E-state index in [0.717, 1.165) is 12.0 Å². The molecule has 0 unspecified atom stereocenters. The van der Waals surface area contributed by atoms with Crippen LogP contribution >= 0.6 is 0 Å². The number of benzene rings is 1. The third-order valence-corrected chi connectivity index (χ3v) is 2.86. The van der Waals surface area contributed by atoms with Gasteiger partial charge in [-0.3, -0.25) is 0 Å². The van der Waals surface area contributed by atoms with E-state index in [1.54, 1.807) is 0 Å². The lowest BCUT2D eigenvalue weighted by Crippen LogP contribution is -3.00. The first-order valence-corrected chi connectivity index (χ1v) is 5.68. The number of halogens is 1. The van der Waals surface area contributed by atoms with Crippen LogP contribution in [-0.4, -0.2) is 12.0 Å². The molecule has 0 amide bonds. The minimum Gasteiger partial charge on any atom is -1.00 e. The van der Waals surface area contributed by atoms with Crippen molar-refractivity contribution in [1.29, 1.82) is 0 Å². The fraction of sp³-hybridized carbons (Fsp3) is 0.462. The second-order valence-electron chi connectivity index (χ2n) is 4.09. The Hall–Kier alpha value is -1.06. The third kappa shape index (κ3) is 5.20. The SMILES string of the molecule is CC[C@H](C)[C@H]([NH3+])C(=O)OCc1ccccc1.[Cl-]. The number of hydrogen-bond donors (Lipinski definition) is 1. The quantitative estimate of drug-likeness (QED) is 0.646. The molecule has 2 atom stereocenters. The highest BCUT2D eigenvalue weighted by molar-refractivity contribution is 5.74. The molecule has 0 aliphatic heterocycles. The molecule has 3 nitrogen and oxygen atoms in total. The van der Waals surface area contributed by atoms with Crippen molar-refractivity contribution in [2.75, 3.05) is 0 Å². The molecule has 0 radical (unpaired) electrons. The van der Waals surface area contributed by atoms with Gasteiger partial charge in [-0.05, 0) is 12.0 Å². The lowest BCUT2D eigenvalue weighted by molar-refractivity contribution is -0.420. The van der Waals surface area contributed by atoms with Crippen molar-refractivity contribution in [2.45, 2.75) is 32.9 Å². The van der Waals surface area contributed by atoms with E-state index >= 15 is 0 Å². The Morgan fingerprint density at radius 1 is 1.35 bits per heavy atom. The van der Waals surface area contributed by atoms with E-state index in [9.17, 15) is 4.79 Å². The first-order valence-electron chi connectivity index (χ1n) is 5.68. The fourth-order valence-electron chi connectivity index (χ4n) is 1.35. The lowest BCUT2D eigenvalue weighted by Gasteiger charge is -2.13. The zero-order valence-electron chi connectivity index (χ0n) is 10.4. The van der Waals surface area contributed by atoms with Crippen LogP contribution in [0.15, 0.2) is 30.3 Å². The lowest BCUT2D eigenvalue weighted by atomic mass is 10.0. The van der Waals surface area contributed by atoms with Crippen molar-refractivity contribution in [3.63, 3.8) is 0 Å². The predicted molar refractivity (Wildman–Crippen MR) is 62.4 cm³/mol. The van der Waals surface area contributed by atoms with Crippen molar-refractivity contribution in [3.05, 3.63) is 35.9 Å². The monoisotopic (exact) mass is 257 g/mol. The average molecular weight is 258 g/mol. The molecular formula is C13H20ClNO2. The number of hydrogen-bond acceptors (Lipinski definition) is 2. The summed E-state index contributed by atoms with van der Waals surface area (Å²) in [6.07, 6.45) is 0.939. The van der Waals surface area contributed by atoms with Crippen molar-refractivity contribution in [1.82, 2.24) is 0 Å².